The Morgan fingerprint density at radius 1 is 1.07 bits per heavy atom. The van der Waals surface area contributed by atoms with E-state index in [1.54, 1.807) is 39.2 Å². The molecule has 0 saturated heterocycles. The minimum Gasteiger partial charge on any atom is -0.508 e. The van der Waals surface area contributed by atoms with Gasteiger partial charge in [0.1, 0.15) is 22.8 Å². The lowest BCUT2D eigenvalue weighted by Gasteiger charge is -2.50. The van der Waals surface area contributed by atoms with Crippen LogP contribution in [0, 0.1) is 11.8 Å². The number of nitrogens with one attached hydrogen (secondary N) is 1. The second-order valence-electron chi connectivity index (χ2n) is 11.5. The number of halogens is 2. The zero-order valence-electron chi connectivity index (χ0n) is 25.5. The summed E-state index contributed by atoms with van der Waals surface area (Å²) in [5.74, 6) is -7.67. The fourth-order valence-electron chi connectivity index (χ4n) is 6.63. The number of fused-ring (bicyclic) bond motifs is 3. The van der Waals surface area contributed by atoms with E-state index in [0.29, 0.717) is 24.3 Å². The van der Waals surface area contributed by atoms with Crippen LogP contribution in [0.4, 0.5) is 11.4 Å². The molecule has 1 aromatic carbocycles. The highest BCUT2D eigenvalue weighted by molar-refractivity contribution is 6.24. The molecule has 44 heavy (non-hydrogen) atoms. The molecule has 0 heterocycles. The Hall–Kier alpha value is -3.36. The lowest BCUT2D eigenvalue weighted by atomic mass is 9.57. The van der Waals surface area contributed by atoms with Crippen molar-refractivity contribution in [2.75, 3.05) is 58.0 Å². The number of benzene rings is 1. The molecule has 4 rings (SSSR count). The van der Waals surface area contributed by atoms with E-state index in [0.717, 1.165) is 0 Å². The number of phenolic OH excluding ortho intramolecular Hbond substituents is 1. The summed E-state index contributed by atoms with van der Waals surface area (Å²) in [5.41, 5.74) is 2.54. The minimum atomic E-state index is -2.72. The van der Waals surface area contributed by atoms with E-state index in [1.807, 2.05) is 18.7 Å². The quantitative estimate of drug-likeness (QED) is 0.173. The number of likely N-dealkylation sites (N-methyl/N-ethyl adjacent to an activating group) is 2. The van der Waals surface area contributed by atoms with Crippen LogP contribution in [0.3, 0.4) is 0 Å². The smallest absolute Gasteiger partial charge is 0.255 e. The van der Waals surface area contributed by atoms with Gasteiger partial charge in [-0.3, -0.25) is 29.0 Å². The number of hydrogen-bond acceptors (Lipinski definition) is 11. The molecule has 1 aromatic rings. The number of aliphatic hydroxyl groups is 3. The van der Waals surface area contributed by atoms with Crippen LogP contribution in [0.2, 0.25) is 0 Å². The normalized spacial score (nSPS) is 24.2. The second kappa shape index (κ2) is 13.3. The average Bonchev–Trinajstić information content (AvgIpc) is 2.90. The van der Waals surface area contributed by atoms with Crippen molar-refractivity contribution in [2.45, 2.75) is 38.3 Å². The van der Waals surface area contributed by atoms with Gasteiger partial charge in [-0.25, -0.2) is 0 Å². The van der Waals surface area contributed by atoms with Gasteiger partial charge in [-0.2, -0.15) is 0 Å². The number of amides is 2. The van der Waals surface area contributed by atoms with Gasteiger partial charge >= 0.3 is 0 Å². The van der Waals surface area contributed by atoms with Crippen molar-refractivity contribution >= 4 is 65.3 Å². The van der Waals surface area contributed by atoms with E-state index in [1.165, 1.54) is 4.90 Å². The molecule has 4 atom stereocenters. The molecular formula is C29H41Cl2N5O8. The van der Waals surface area contributed by atoms with Crippen molar-refractivity contribution in [3.05, 3.63) is 34.1 Å². The number of carbonyl (C=O) groups is 4. The van der Waals surface area contributed by atoms with E-state index in [2.05, 4.69) is 5.32 Å². The van der Waals surface area contributed by atoms with Crippen molar-refractivity contribution in [3.8, 4) is 5.75 Å². The predicted molar refractivity (Wildman–Crippen MR) is 169 cm³/mol. The number of primary amides is 1. The predicted octanol–water partition coefficient (Wildman–Crippen LogP) is 1.15. The fraction of sp³-hybridized carbons (Fsp3) is 0.517. The molecule has 0 aliphatic heterocycles. The maximum Gasteiger partial charge on any atom is 0.255 e. The van der Waals surface area contributed by atoms with Crippen LogP contribution in [0.1, 0.15) is 31.4 Å². The van der Waals surface area contributed by atoms with Gasteiger partial charge in [-0.05, 0) is 57.6 Å². The Kier molecular flexibility index (Phi) is 11.2. The molecule has 2 unspecified atom stereocenters. The number of anilines is 2. The van der Waals surface area contributed by atoms with Gasteiger partial charge in [0.2, 0.25) is 11.7 Å². The number of ketones is 2. The number of carbonyl (C=O) groups excluding carboxylic acids is 4. The number of phenols is 1. The van der Waals surface area contributed by atoms with Crippen molar-refractivity contribution in [2.24, 2.45) is 17.6 Å². The first-order valence-electron chi connectivity index (χ1n) is 13.8. The third kappa shape index (κ3) is 5.63. The zero-order chi connectivity index (χ0) is 31.4. The van der Waals surface area contributed by atoms with Gasteiger partial charge in [-0.1, -0.05) is 13.8 Å². The van der Waals surface area contributed by atoms with Gasteiger partial charge in [0.25, 0.3) is 5.91 Å². The number of nitrogens with zero attached hydrogens (tertiary/aromatic N) is 3. The van der Waals surface area contributed by atoms with E-state index in [4.69, 9.17) is 5.73 Å². The maximum atomic E-state index is 14.1. The standard InChI is InChI=1S/C29H39N5O8.2ClH/c1-7-34(8-2)12-18(35)31-16-11-17(32(3)4)14-9-13-10-15-22(33(5)6)25(38)21(28(30)41)27(40)29(15,42)26(39)19(13)24(37)20(14)23(16)36;;/h11,13,15,22,36-37,40,42H,7-10,12H2,1-6H3,(H2,30,41)(H,31,35);2*1H/t13?,15?,22-,29-;;/m0../s1. The van der Waals surface area contributed by atoms with Crippen molar-refractivity contribution in [1.82, 2.24) is 9.80 Å². The molecule has 0 spiro atoms. The second-order valence-corrected chi connectivity index (χ2v) is 11.5. The lowest BCUT2D eigenvalue weighted by molar-refractivity contribution is -0.153. The Labute approximate surface area is 268 Å². The van der Waals surface area contributed by atoms with Crippen molar-refractivity contribution < 1.29 is 39.6 Å². The SMILES string of the molecule is CCN(CC)CC(=O)Nc1cc(N(C)C)c2c(c1O)C(O)=C1C(=O)[C@]3(O)C(O)=C(C(N)=O)C(=O)[C@@H](N(C)C)C3CC1C2.Cl.Cl. The largest absolute Gasteiger partial charge is 0.508 e. The average molecular weight is 659 g/mol. The van der Waals surface area contributed by atoms with Crippen molar-refractivity contribution in [1.29, 1.82) is 0 Å². The van der Waals surface area contributed by atoms with Crippen LogP contribution in [-0.4, -0.2) is 113 Å². The third-order valence-electron chi connectivity index (χ3n) is 8.71. The van der Waals surface area contributed by atoms with Crippen LogP contribution in [-0.2, 0) is 25.6 Å². The molecule has 0 bridgehead atoms. The third-order valence-corrected chi connectivity index (χ3v) is 8.71. The molecule has 1 fully saturated rings. The zero-order valence-corrected chi connectivity index (χ0v) is 27.1. The number of nitrogens with two attached hydrogens (primary N) is 1. The number of Topliss-reactive ketones (excluding diaryl/α,β-unsaturated/α-hetero) is 2. The molecule has 244 valence electrons. The summed E-state index contributed by atoms with van der Waals surface area (Å²) in [6.07, 6.45) is 0.130. The van der Waals surface area contributed by atoms with E-state index in [9.17, 15) is 39.6 Å². The van der Waals surface area contributed by atoms with Crippen LogP contribution in [0.5, 0.6) is 5.75 Å². The number of rotatable bonds is 8. The van der Waals surface area contributed by atoms with Crippen LogP contribution < -0.4 is 16.0 Å². The monoisotopic (exact) mass is 657 g/mol. The fourth-order valence-corrected chi connectivity index (χ4v) is 6.63. The van der Waals surface area contributed by atoms with E-state index in [-0.39, 0.29) is 66.9 Å². The lowest BCUT2D eigenvalue weighted by Crippen LogP contribution is -2.65. The molecule has 2 amide bonds. The molecule has 3 aliphatic rings. The summed E-state index contributed by atoms with van der Waals surface area (Å²) in [6, 6.07) is 0.432. The molecule has 13 nitrogen and oxygen atoms in total. The van der Waals surface area contributed by atoms with Gasteiger partial charge in [-0.15, -0.1) is 24.8 Å². The topological polar surface area (TPSA) is 197 Å². The summed E-state index contributed by atoms with van der Waals surface area (Å²) >= 11 is 0. The summed E-state index contributed by atoms with van der Waals surface area (Å²) < 4.78 is 0. The molecule has 0 aromatic heterocycles. The van der Waals surface area contributed by atoms with Gasteiger partial charge in [0.15, 0.2) is 11.4 Å². The molecular weight excluding hydrogens is 617 g/mol. The first-order valence-corrected chi connectivity index (χ1v) is 13.8. The van der Waals surface area contributed by atoms with E-state index >= 15 is 0 Å². The van der Waals surface area contributed by atoms with Gasteiger partial charge in [0.05, 0.1) is 23.8 Å². The first-order chi connectivity index (χ1) is 19.6. The Morgan fingerprint density at radius 2 is 1.66 bits per heavy atom. The number of aliphatic hydroxyl groups excluding tert-OH is 2. The summed E-state index contributed by atoms with van der Waals surface area (Å²) in [6.45, 7) is 5.19. The maximum absolute atomic E-state index is 14.1. The van der Waals surface area contributed by atoms with Gasteiger partial charge < -0.3 is 36.4 Å². The Balaban J connectivity index is 0.00000337. The van der Waals surface area contributed by atoms with Gasteiger partial charge in [0, 0.05) is 31.3 Å². The molecule has 0 radical (unpaired) electrons. The molecule has 15 heteroatoms. The summed E-state index contributed by atoms with van der Waals surface area (Å²) in [5, 5.41) is 48.3. The molecule has 1 saturated carbocycles. The first kappa shape index (κ1) is 36.8. The highest BCUT2D eigenvalue weighted by Gasteiger charge is 2.64. The highest BCUT2D eigenvalue weighted by Crippen LogP contribution is 2.54. The van der Waals surface area contributed by atoms with E-state index < -0.39 is 63.8 Å². The highest BCUT2D eigenvalue weighted by atomic mass is 35.5. The minimum absolute atomic E-state index is 0. The Morgan fingerprint density at radius 3 is 2.16 bits per heavy atom. The van der Waals surface area contributed by atoms with Crippen LogP contribution in [0.25, 0.3) is 5.76 Å². The van der Waals surface area contributed by atoms with Crippen molar-refractivity contribution in [3.63, 3.8) is 0 Å². The summed E-state index contributed by atoms with van der Waals surface area (Å²) in [7, 11) is 6.61. The van der Waals surface area contributed by atoms with Crippen LogP contribution in [0.15, 0.2) is 23.0 Å². The number of aromatic hydroxyl groups is 1. The van der Waals surface area contributed by atoms with Crippen LogP contribution >= 0.6 is 24.8 Å². The molecule has 3 aliphatic carbocycles. The Bertz CT molecular complexity index is 1440. The number of hydrogen-bond donors (Lipinski definition) is 6. The molecule has 7 N–H and O–H groups in total. The summed E-state index contributed by atoms with van der Waals surface area (Å²) in [4.78, 5) is 57.3.